The average Bonchev–Trinajstić information content (AvgIpc) is 3.33. The number of nitrogens with zero attached hydrogens (tertiary/aromatic N) is 2. The van der Waals surface area contributed by atoms with E-state index in [-0.39, 0.29) is 11.4 Å². The summed E-state index contributed by atoms with van der Waals surface area (Å²) in [6.07, 6.45) is 6.43. The monoisotopic (exact) mass is 411 g/mol. The van der Waals surface area contributed by atoms with Gasteiger partial charge in [-0.3, -0.25) is 0 Å². The van der Waals surface area contributed by atoms with E-state index < -0.39 is 6.61 Å². The maximum atomic E-state index is 12.8. The Balaban J connectivity index is 1.49. The number of H-pyrrole nitrogens is 1. The molecule has 0 unspecified atom stereocenters. The van der Waals surface area contributed by atoms with Crippen LogP contribution in [0.2, 0.25) is 0 Å². The van der Waals surface area contributed by atoms with Crippen molar-refractivity contribution in [2.75, 3.05) is 0 Å². The zero-order valence-electron chi connectivity index (χ0n) is 16.8. The van der Waals surface area contributed by atoms with Crippen LogP contribution in [-0.4, -0.2) is 27.9 Å². The van der Waals surface area contributed by atoms with E-state index in [1.807, 2.05) is 19.1 Å². The number of fused-ring (bicyclic) bond motifs is 1. The summed E-state index contributed by atoms with van der Waals surface area (Å²) in [7, 11) is 0. The van der Waals surface area contributed by atoms with Gasteiger partial charge in [0.05, 0.1) is 11.0 Å². The third kappa shape index (κ3) is 3.42. The van der Waals surface area contributed by atoms with Gasteiger partial charge in [0.15, 0.2) is 5.82 Å². The summed E-state index contributed by atoms with van der Waals surface area (Å²) in [6, 6.07) is 10.6. The van der Waals surface area contributed by atoms with E-state index in [4.69, 9.17) is 14.6 Å². The van der Waals surface area contributed by atoms with Crippen molar-refractivity contribution in [2.45, 2.75) is 57.7 Å². The van der Waals surface area contributed by atoms with Gasteiger partial charge in [0.2, 0.25) is 0 Å². The third-order valence-corrected chi connectivity index (χ3v) is 6.08. The fraction of sp³-hybridized carbons (Fsp3) is 0.391. The molecule has 0 bridgehead atoms. The van der Waals surface area contributed by atoms with Crippen molar-refractivity contribution in [3.05, 3.63) is 47.8 Å². The quantitative estimate of drug-likeness (QED) is 0.576. The molecule has 0 saturated heterocycles. The van der Waals surface area contributed by atoms with Crippen molar-refractivity contribution in [1.82, 2.24) is 9.97 Å². The molecule has 3 aromatic rings. The van der Waals surface area contributed by atoms with Gasteiger partial charge in [0, 0.05) is 12.0 Å². The molecule has 1 aliphatic heterocycles. The van der Waals surface area contributed by atoms with Crippen molar-refractivity contribution < 1.29 is 18.4 Å². The highest BCUT2D eigenvalue weighted by atomic mass is 19.3. The Morgan fingerprint density at radius 2 is 1.93 bits per heavy atom. The number of hydrogen-bond acceptors (Lipinski definition) is 4. The summed E-state index contributed by atoms with van der Waals surface area (Å²) >= 11 is 0. The zero-order valence-corrected chi connectivity index (χ0v) is 16.8. The van der Waals surface area contributed by atoms with E-state index in [0.29, 0.717) is 11.4 Å². The van der Waals surface area contributed by atoms with Crippen molar-refractivity contribution >= 4 is 16.7 Å². The molecule has 2 aromatic carbocycles. The van der Waals surface area contributed by atoms with Gasteiger partial charge < -0.3 is 14.6 Å². The summed E-state index contributed by atoms with van der Waals surface area (Å²) in [6.45, 7) is -0.902. The number of imidazole rings is 1. The number of aryl methyl sites for hydroxylation is 1. The number of rotatable bonds is 4. The minimum atomic E-state index is -2.87. The van der Waals surface area contributed by atoms with Crippen LogP contribution in [0.25, 0.3) is 22.2 Å². The van der Waals surface area contributed by atoms with Crippen molar-refractivity contribution in [1.29, 1.82) is 0 Å². The minimum absolute atomic E-state index is 0.148. The molecule has 1 aromatic heterocycles. The van der Waals surface area contributed by atoms with Crippen molar-refractivity contribution in [3.8, 4) is 16.9 Å². The molecule has 1 aliphatic carbocycles. The molecular formula is C23H23F2N3O2. The number of halogens is 2. The van der Waals surface area contributed by atoms with Gasteiger partial charge in [-0.2, -0.15) is 8.78 Å². The predicted molar refractivity (Wildman–Crippen MR) is 111 cm³/mol. The van der Waals surface area contributed by atoms with Crippen LogP contribution >= 0.6 is 0 Å². The SMILES string of the molecule is Cc1cc(-c2ccccc2OC(F)F)cc2nc(C3=NOC4(CCCCC4)C3)[nH]c12. The van der Waals surface area contributed by atoms with E-state index >= 15 is 0 Å². The van der Waals surface area contributed by atoms with Crippen LogP contribution in [0.4, 0.5) is 8.78 Å². The number of alkyl halides is 2. The van der Waals surface area contributed by atoms with Crippen LogP contribution < -0.4 is 4.74 Å². The van der Waals surface area contributed by atoms with Crippen LogP contribution in [0.15, 0.2) is 41.6 Å². The number of aromatic amines is 1. The van der Waals surface area contributed by atoms with E-state index in [9.17, 15) is 8.78 Å². The Labute approximate surface area is 173 Å². The van der Waals surface area contributed by atoms with Gasteiger partial charge in [-0.15, -0.1) is 0 Å². The Morgan fingerprint density at radius 3 is 2.73 bits per heavy atom. The summed E-state index contributed by atoms with van der Waals surface area (Å²) in [4.78, 5) is 14.0. The van der Waals surface area contributed by atoms with Crippen LogP contribution in [0.1, 0.15) is 49.9 Å². The summed E-state index contributed by atoms with van der Waals surface area (Å²) in [5, 5.41) is 4.35. The van der Waals surface area contributed by atoms with E-state index in [2.05, 4.69) is 10.1 Å². The fourth-order valence-corrected chi connectivity index (χ4v) is 4.59. The molecule has 156 valence electrons. The number of para-hydroxylation sites is 1. The van der Waals surface area contributed by atoms with Gasteiger partial charge in [-0.1, -0.05) is 29.8 Å². The second kappa shape index (κ2) is 7.38. The number of oxime groups is 1. The largest absolute Gasteiger partial charge is 0.434 e. The average molecular weight is 411 g/mol. The summed E-state index contributed by atoms with van der Waals surface area (Å²) in [5.41, 5.74) is 4.71. The molecule has 30 heavy (non-hydrogen) atoms. The zero-order chi connectivity index (χ0) is 20.7. The normalized spacial score (nSPS) is 18.1. The molecule has 7 heteroatoms. The van der Waals surface area contributed by atoms with E-state index in [0.717, 1.165) is 47.1 Å². The predicted octanol–water partition coefficient (Wildman–Crippen LogP) is 5.97. The topological polar surface area (TPSA) is 59.5 Å². The van der Waals surface area contributed by atoms with Crippen molar-refractivity contribution in [2.24, 2.45) is 5.16 Å². The minimum Gasteiger partial charge on any atom is -0.434 e. The van der Waals surface area contributed by atoms with Crippen molar-refractivity contribution in [3.63, 3.8) is 0 Å². The van der Waals surface area contributed by atoms with E-state index in [1.165, 1.54) is 19.3 Å². The molecule has 1 N–H and O–H groups in total. The maximum Gasteiger partial charge on any atom is 0.387 e. The lowest BCUT2D eigenvalue weighted by molar-refractivity contribution is -0.0494. The molecular weight excluding hydrogens is 388 g/mol. The summed E-state index contributed by atoms with van der Waals surface area (Å²) < 4.78 is 30.3. The Morgan fingerprint density at radius 1 is 1.13 bits per heavy atom. The van der Waals surface area contributed by atoms with Gasteiger partial charge in [0.25, 0.3) is 0 Å². The number of nitrogens with one attached hydrogen (secondary N) is 1. The third-order valence-electron chi connectivity index (χ3n) is 6.08. The first kappa shape index (κ1) is 19.0. The number of aromatic nitrogens is 2. The van der Waals surface area contributed by atoms with Gasteiger partial charge in [0.1, 0.15) is 17.1 Å². The molecule has 0 amide bonds. The smallest absolute Gasteiger partial charge is 0.387 e. The second-order valence-electron chi connectivity index (χ2n) is 8.20. The molecule has 1 fully saturated rings. The maximum absolute atomic E-state index is 12.8. The van der Waals surface area contributed by atoms with E-state index in [1.54, 1.807) is 24.3 Å². The molecule has 5 rings (SSSR count). The highest BCUT2D eigenvalue weighted by molar-refractivity contribution is 6.01. The first-order valence-electron chi connectivity index (χ1n) is 10.3. The lowest BCUT2D eigenvalue weighted by Gasteiger charge is -2.30. The fourth-order valence-electron chi connectivity index (χ4n) is 4.59. The van der Waals surface area contributed by atoms with Gasteiger partial charge >= 0.3 is 6.61 Å². The first-order chi connectivity index (χ1) is 14.5. The van der Waals surface area contributed by atoms with Gasteiger partial charge in [-0.25, -0.2) is 4.98 Å². The lowest BCUT2D eigenvalue weighted by atomic mass is 9.81. The molecule has 0 radical (unpaired) electrons. The number of hydrogen-bond donors (Lipinski definition) is 1. The molecule has 1 spiro atoms. The highest BCUT2D eigenvalue weighted by Crippen LogP contribution is 2.40. The molecule has 2 aliphatic rings. The Bertz CT molecular complexity index is 1120. The standard InChI is InChI=1S/C23H23F2N3O2/c1-14-11-15(16-7-3-4-8-19(16)29-22(24)25)12-17-20(14)27-21(26-17)18-13-23(30-28-18)9-5-2-6-10-23/h3-4,7-8,11-12,22H,2,5-6,9-10,13H2,1H3,(H,26,27). The second-order valence-corrected chi connectivity index (χ2v) is 8.20. The molecule has 0 atom stereocenters. The number of ether oxygens (including phenoxy) is 1. The molecule has 1 saturated carbocycles. The van der Waals surface area contributed by atoms with Crippen LogP contribution in [0.3, 0.4) is 0 Å². The van der Waals surface area contributed by atoms with Crippen LogP contribution in [0.5, 0.6) is 5.75 Å². The van der Waals surface area contributed by atoms with Crippen LogP contribution in [0, 0.1) is 6.92 Å². The molecule has 5 nitrogen and oxygen atoms in total. The number of benzene rings is 2. The van der Waals surface area contributed by atoms with Gasteiger partial charge in [-0.05, 0) is 61.9 Å². The highest BCUT2D eigenvalue weighted by Gasteiger charge is 2.41. The lowest BCUT2D eigenvalue weighted by Crippen LogP contribution is -2.31. The van der Waals surface area contributed by atoms with Crippen LogP contribution in [-0.2, 0) is 4.84 Å². The molecule has 2 heterocycles. The first-order valence-corrected chi connectivity index (χ1v) is 10.3. The summed E-state index contributed by atoms with van der Waals surface area (Å²) in [5.74, 6) is 0.861. The Hall–Kier alpha value is -2.96. The Kier molecular flexibility index (Phi) is 4.68.